The van der Waals surface area contributed by atoms with Crippen LogP contribution in [-0.4, -0.2) is 34.3 Å². The van der Waals surface area contributed by atoms with Gasteiger partial charge in [0.05, 0.1) is 11.2 Å². The second kappa shape index (κ2) is 7.57. The van der Waals surface area contributed by atoms with Gasteiger partial charge in [-0.15, -0.1) is 11.3 Å². The highest BCUT2D eigenvalue weighted by atomic mass is 32.1. The monoisotopic (exact) mass is 343 g/mol. The molecule has 0 unspecified atom stereocenters. The van der Waals surface area contributed by atoms with Crippen molar-refractivity contribution in [3.05, 3.63) is 52.0 Å². The molecule has 1 aromatic carbocycles. The molecule has 1 atom stereocenters. The molecule has 1 aromatic heterocycles. The summed E-state index contributed by atoms with van der Waals surface area (Å²) in [5.74, 6) is -0.0730. The van der Waals surface area contributed by atoms with Crippen molar-refractivity contribution in [2.45, 2.75) is 38.8 Å². The van der Waals surface area contributed by atoms with Crippen molar-refractivity contribution >= 4 is 23.2 Å². The summed E-state index contributed by atoms with van der Waals surface area (Å²) in [6, 6.07) is 7.80. The van der Waals surface area contributed by atoms with Crippen LogP contribution in [0.1, 0.15) is 29.7 Å². The molecule has 5 nitrogen and oxygen atoms in total. The van der Waals surface area contributed by atoms with E-state index in [0.717, 1.165) is 11.3 Å². The molecule has 1 N–H and O–H groups in total. The van der Waals surface area contributed by atoms with Gasteiger partial charge in [-0.3, -0.25) is 9.59 Å². The fraction of sp³-hybridized carbons (Fsp3) is 0.389. The Balaban J connectivity index is 1.48. The summed E-state index contributed by atoms with van der Waals surface area (Å²) in [7, 11) is 0. The third kappa shape index (κ3) is 4.20. The molecular formula is C18H21N3O2S. The Morgan fingerprint density at radius 3 is 2.88 bits per heavy atom. The van der Waals surface area contributed by atoms with Crippen LogP contribution in [-0.2, 0) is 22.6 Å². The van der Waals surface area contributed by atoms with Gasteiger partial charge in [0, 0.05) is 24.9 Å². The van der Waals surface area contributed by atoms with Gasteiger partial charge in [0.25, 0.3) is 0 Å². The zero-order chi connectivity index (χ0) is 16.9. The lowest BCUT2D eigenvalue weighted by Gasteiger charge is -2.17. The highest BCUT2D eigenvalue weighted by Crippen LogP contribution is 2.16. The minimum Gasteiger partial charge on any atom is -0.344 e. The molecule has 2 amide bonds. The standard InChI is InChI=1S/C18H21N3O2S/c1-13-2-4-14(5-3-13)10-21-9-8-16(18(21)23)20-17(22)7-6-15-11-24-12-19-15/h2-5,11-12,16H,6-10H2,1H3,(H,20,22)/t16-/m0/s1. The number of carbonyl (C=O) groups is 2. The highest BCUT2D eigenvalue weighted by molar-refractivity contribution is 7.07. The van der Waals surface area contributed by atoms with Crippen molar-refractivity contribution in [3.8, 4) is 0 Å². The van der Waals surface area contributed by atoms with Crippen LogP contribution in [0, 0.1) is 6.92 Å². The van der Waals surface area contributed by atoms with Gasteiger partial charge < -0.3 is 10.2 Å². The fourth-order valence-electron chi connectivity index (χ4n) is 2.81. The number of carbonyl (C=O) groups excluding carboxylic acids is 2. The summed E-state index contributed by atoms with van der Waals surface area (Å²) < 4.78 is 0. The van der Waals surface area contributed by atoms with E-state index in [-0.39, 0.29) is 11.8 Å². The van der Waals surface area contributed by atoms with Crippen molar-refractivity contribution in [2.24, 2.45) is 0 Å². The fourth-order valence-corrected chi connectivity index (χ4v) is 3.41. The summed E-state index contributed by atoms with van der Waals surface area (Å²) in [5, 5.41) is 4.80. The van der Waals surface area contributed by atoms with E-state index in [4.69, 9.17) is 0 Å². The molecule has 1 fully saturated rings. The summed E-state index contributed by atoms with van der Waals surface area (Å²) in [6.07, 6.45) is 1.65. The summed E-state index contributed by atoms with van der Waals surface area (Å²) in [6.45, 7) is 3.33. The minimum atomic E-state index is -0.390. The maximum absolute atomic E-state index is 12.4. The van der Waals surface area contributed by atoms with E-state index in [1.807, 2.05) is 41.5 Å². The van der Waals surface area contributed by atoms with Gasteiger partial charge in [-0.05, 0) is 25.3 Å². The lowest BCUT2D eigenvalue weighted by Crippen LogP contribution is -2.41. The molecule has 1 aliphatic heterocycles. The molecule has 24 heavy (non-hydrogen) atoms. The van der Waals surface area contributed by atoms with Crippen molar-refractivity contribution in [3.63, 3.8) is 0 Å². The Bertz CT molecular complexity index is 698. The number of hydrogen-bond donors (Lipinski definition) is 1. The van der Waals surface area contributed by atoms with Crippen molar-refractivity contribution in [1.29, 1.82) is 0 Å². The van der Waals surface area contributed by atoms with E-state index in [1.54, 1.807) is 5.51 Å². The van der Waals surface area contributed by atoms with E-state index in [2.05, 4.69) is 10.3 Å². The zero-order valence-electron chi connectivity index (χ0n) is 13.7. The third-order valence-electron chi connectivity index (χ3n) is 4.22. The first-order valence-corrected chi connectivity index (χ1v) is 9.07. The lowest BCUT2D eigenvalue weighted by atomic mass is 10.1. The Kier molecular flexibility index (Phi) is 5.25. The number of hydrogen-bond acceptors (Lipinski definition) is 4. The average molecular weight is 343 g/mol. The maximum atomic E-state index is 12.4. The molecular weight excluding hydrogens is 322 g/mol. The van der Waals surface area contributed by atoms with Gasteiger partial charge in [0.2, 0.25) is 11.8 Å². The number of aryl methyl sites for hydroxylation is 2. The van der Waals surface area contributed by atoms with Gasteiger partial charge in [-0.25, -0.2) is 4.98 Å². The Labute approximate surface area is 145 Å². The Hall–Kier alpha value is -2.21. The van der Waals surface area contributed by atoms with Gasteiger partial charge in [0.15, 0.2) is 0 Å². The zero-order valence-corrected chi connectivity index (χ0v) is 14.5. The van der Waals surface area contributed by atoms with E-state index in [9.17, 15) is 9.59 Å². The van der Waals surface area contributed by atoms with Crippen LogP contribution in [0.2, 0.25) is 0 Å². The molecule has 0 spiro atoms. The van der Waals surface area contributed by atoms with Crippen LogP contribution in [0.15, 0.2) is 35.2 Å². The molecule has 3 rings (SSSR count). The minimum absolute atomic E-state index is 0.0117. The molecule has 0 radical (unpaired) electrons. The molecule has 126 valence electrons. The van der Waals surface area contributed by atoms with E-state index < -0.39 is 6.04 Å². The number of thiazole rings is 1. The quantitative estimate of drug-likeness (QED) is 0.875. The van der Waals surface area contributed by atoms with Crippen LogP contribution >= 0.6 is 11.3 Å². The van der Waals surface area contributed by atoms with Crippen LogP contribution in [0.5, 0.6) is 0 Å². The summed E-state index contributed by atoms with van der Waals surface area (Å²) >= 11 is 1.52. The van der Waals surface area contributed by atoms with Crippen LogP contribution in [0.4, 0.5) is 0 Å². The molecule has 1 saturated heterocycles. The second-order valence-electron chi connectivity index (χ2n) is 6.13. The van der Waals surface area contributed by atoms with Gasteiger partial charge in [0.1, 0.15) is 6.04 Å². The summed E-state index contributed by atoms with van der Waals surface area (Å²) in [4.78, 5) is 30.5. The largest absolute Gasteiger partial charge is 0.344 e. The van der Waals surface area contributed by atoms with Crippen LogP contribution in [0.3, 0.4) is 0 Å². The summed E-state index contributed by atoms with van der Waals surface area (Å²) in [5.41, 5.74) is 5.01. The topological polar surface area (TPSA) is 62.3 Å². The Morgan fingerprint density at radius 1 is 1.38 bits per heavy atom. The molecule has 1 aliphatic rings. The average Bonchev–Trinajstić information content (AvgIpc) is 3.20. The molecule has 0 aliphatic carbocycles. The van der Waals surface area contributed by atoms with E-state index in [1.165, 1.54) is 16.9 Å². The predicted molar refractivity (Wildman–Crippen MR) is 93.6 cm³/mol. The van der Waals surface area contributed by atoms with Crippen LogP contribution in [0.25, 0.3) is 0 Å². The number of likely N-dealkylation sites (tertiary alicyclic amines) is 1. The lowest BCUT2D eigenvalue weighted by molar-refractivity contribution is -0.133. The molecule has 2 aromatic rings. The van der Waals surface area contributed by atoms with Gasteiger partial charge in [-0.2, -0.15) is 0 Å². The molecule has 0 saturated carbocycles. The maximum Gasteiger partial charge on any atom is 0.245 e. The van der Waals surface area contributed by atoms with Crippen molar-refractivity contribution in [2.75, 3.05) is 6.54 Å². The van der Waals surface area contributed by atoms with Crippen molar-refractivity contribution < 1.29 is 9.59 Å². The third-order valence-corrected chi connectivity index (χ3v) is 4.85. The number of rotatable bonds is 6. The molecule has 2 heterocycles. The number of aromatic nitrogens is 1. The number of amides is 2. The first kappa shape index (κ1) is 16.6. The Morgan fingerprint density at radius 2 is 2.17 bits per heavy atom. The van der Waals surface area contributed by atoms with Gasteiger partial charge >= 0.3 is 0 Å². The van der Waals surface area contributed by atoms with E-state index >= 15 is 0 Å². The predicted octanol–water partition coefficient (Wildman–Crippen LogP) is 2.30. The first-order valence-electron chi connectivity index (χ1n) is 8.12. The smallest absolute Gasteiger partial charge is 0.245 e. The number of nitrogens with zero attached hydrogens (tertiary/aromatic N) is 2. The second-order valence-corrected chi connectivity index (χ2v) is 6.85. The number of benzene rings is 1. The van der Waals surface area contributed by atoms with E-state index in [0.29, 0.717) is 32.4 Å². The van der Waals surface area contributed by atoms with Gasteiger partial charge in [-0.1, -0.05) is 29.8 Å². The molecule has 0 bridgehead atoms. The van der Waals surface area contributed by atoms with Crippen LogP contribution < -0.4 is 5.32 Å². The molecule has 6 heteroatoms. The first-order chi connectivity index (χ1) is 11.6. The highest BCUT2D eigenvalue weighted by Gasteiger charge is 2.32. The SMILES string of the molecule is Cc1ccc(CN2CC[C@H](NC(=O)CCc3cscn3)C2=O)cc1. The normalized spacial score (nSPS) is 17.3. The number of nitrogens with one attached hydrogen (secondary N) is 1. The van der Waals surface area contributed by atoms with Crippen molar-refractivity contribution in [1.82, 2.24) is 15.2 Å².